The summed E-state index contributed by atoms with van der Waals surface area (Å²) in [5.41, 5.74) is 2.04. The third-order valence-corrected chi connectivity index (χ3v) is 3.25. The van der Waals surface area contributed by atoms with Gasteiger partial charge in [0.05, 0.1) is 18.1 Å². The summed E-state index contributed by atoms with van der Waals surface area (Å²) >= 11 is 0. The fraction of sp³-hybridized carbons (Fsp3) is 0.538. The first-order chi connectivity index (χ1) is 8.50. The van der Waals surface area contributed by atoms with Crippen LogP contribution < -0.4 is 5.32 Å². The lowest BCUT2D eigenvalue weighted by Crippen LogP contribution is -2.47. The zero-order valence-electron chi connectivity index (χ0n) is 10.7. The molecule has 5 nitrogen and oxygen atoms in total. The minimum Gasteiger partial charge on any atom is -0.380 e. The number of nitrogens with one attached hydrogen (secondary N) is 1. The molecule has 0 amide bonds. The molecule has 2 rings (SSSR count). The van der Waals surface area contributed by atoms with Crippen LogP contribution in [0.4, 0.5) is 5.69 Å². The highest BCUT2D eigenvalue weighted by Crippen LogP contribution is 2.25. The highest BCUT2D eigenvalue weighted by Gasteiger charge is 2.32. The van der Waals surface area contributed by atoms with Gasteiger partial charge in [0.15, 0.2) is 0 Å². The van der Waals surface area contributed by atoms with Gasteiger partial charge in [-0.2, -0.15) is 0 Å². The van der Waals surface area contributed by atoms with Crippen LogP contribution >= 0.6 is 0 Å². The maximum Gasteiger partial charge on any atom is 0.272 e. The summed E-state index contributed by atoms with van der Waals surface area (Å²) in [6.07, 6.45) is 0. The van der Waals surface area contributed by atoms with Crippen molar-refractivity contribution in [3.63, 3.8) is 0 Å². The molecule has 0 aliphatic carbocycles. The van der Waals surface area contributed by atoms with E-state index < -0.39 is 0 Å². The second-order valence-electron chi connectivity index (χ2n) is 5.28. The van der Waals surface area contributed by atoms with Crippen LogP contribution in [-0.4, -0.2) is 24.7 Å². The van der Waals surface area contributed by atoms with Gasteiger partial charge in [-0.3, -0.25) is 10.1 Å². The summed E-state index contributed by atoms with van der Waals surface area (Å²) in [6.45, 7) is 7.01. The van der Waals surface area contributed by atoms with Crippen molar-refractivity contribution in [2.45, 2.75) is 20.4 Å². The molecule has 0 spiro atoms. The molecular weight excluding hydrogens is 232 g/mol. The average molecular weight is 250 g/mol. The van der Waals surface area contributed by atoms with Crippen molar-refractivity contribution in [2.75, 3.05) is 19.8 Å². The van der Waals surface area contributed by atoms with Gasteiger partial charge in [-0.05, 0) is 12.5 Å². The molecule has 0 saturated carbocycles. The van der Waals surface area contributed by atoms with Crippen LogP contribution in [0.1, 0.15) is 18.1 Å². The van der Waals surface area contributed by atoms with Crippen molar-refractivity contribution >= 4 is 5.69 Å². The van der Waals surface area contributed by atoms with Crippen LogP contribution in [0.15, 0.2) is 18.2 Å². The van der Waals surface area contributed by atoms with E-state index in [-0.39, 0.29) is 16.0 Å². The van der Waals surface area contributed by atoms with E-state index in [2.05, 4.69) is 12.2 Å². The molecule has 1 fully saturated rings. The lowest BCUT2D eigenvalue weighted by molar-refractivity contribution is -0.385. The maximum atomic E-state index is 10.8. The zero-order valence-corrected chi connectivity index (χ0v) is 10.7. The molecule has 1 aliphatic heterocycles. The quantitative estimate of drug-likeness (QED) is 0.641. The number of nitrogens with zero attached hydrogens (tertiary/aromatic N) is 1. The molecule has 0 bridgehead atoms. The molecule has 0 radical (unpaired) electrons. The summed E-state index contributed by atoms with van der Waals surface area (Å²) in [5.74, 6) is 0. The molecule has 98 valence electrons. The van der Waals surface area contributed by atoms with Gasteiger partial charge in [0.1, 0.15) is 0 Å². The van der Waals surface area contributed by atoms with Crippen molar-refractivity contribution in [3.8, 4) is 0 Å². The molecule has 1 aromatic rings. The fourth-order valence-corrected chi connectivity index (χ4v) is 2.02. The normalized spacial score (nSPS) is 17.2. The molecular formula is C13H18N2O3. The van der Waals surface area contributed by atoms with E-state index in [0.29, 0.717) is 12.1 Å². The topological polar surface area (TPSA) is 64.4 Å². The summed E-state index contributed by atoms with van der Waals surface area (Å²) in [6, 6.07) is 5.36. The van der Waals surface area contributed by atoms with Gasteiger partial charge in [0, 0.05) is 30.1 Å². The van der Waals surface area contributed by atoms with E-state index in [1.54, 1.807) is 19.1 Å². The summed E-state index contributed by atoms with van der Waals surface area (Å²) < 4.78 is 5.18. The van der Waals surface area contributed by atoms with Crippen LogP contribution in [-0.2, 0) is 11.3 Å². The molecule has 1 aromatic carbocycles. The third kappa shape index (κ3) is 2.86. The number of benzene rings is 1. The Morgan fingerprint density at radius 3 is 2.78 bits per heavy atom. The number of hydrogen-bond donors (Lipinski definition) is 1. The van der Waals surface area contributed by atoms with Gasteiger partial charge in [-0.15, -0.1) is 0 Å². The van der Waals surface area contributed by atoms with Crippen LogP contribution in [0.5, 0.6) is 0 Å². The Morgan fingerprint density at radius 2 is 2.22 bits per heavy atom. The van der Waals surface area contributed by atoms with Gasteiger partial charge >= 0.3 is 0 Å². The van der Waals surface area contributed by atoms with E-state index in [0.717, 1.165) is 25.3 Å². The van der Waals surface area contributed by atoms with Gasteiger partial charge in [-0.25, -0.2) is 0 Å². The molecule has 1 N–H and O–H groups in total. The highest BCUT2D eigenvalue weighted by molar-refractivity contribution is 5.42. The molecule has 5 heteroatoms. The fourth-order valence-electron chi connectivity index (χ4n) is 2.02. The SMILES string of the molecule is Cc1ccc(CNCC2(C)COC2)cc1[N+](=O)[O-]. The largest absolute Gasteiger partial charge is 0.380 e. The third-order valence-electron chi connectivity index (χ3n) is 3.25. The van der Waals surface area contributed by atoms with Gasteiger partial charge in [0.25, 0.3) is 5.69 Å². The zero-order chi connectivity index (χ0) is 13.2. The monoisotopic (exact) mass is 250 g/mol. The van der Waals surface area contributed by atoms with Crippen molar-refractivity contribution in [2.24, 2.45) is 5.41 Å². The first-order valence-corrected chi connectivity index (χ1v) is 6.03. The Morgan fingerprint density at radius 1 is 1.50 bits per heavy atom. The van der Waals surface area contributed by atoms with Gasteiger partial charge in [-0.1, -0.05) is 19.1 Å². The highest BCUT2D eigenvalue weighted by atomic mass is 16.6. The number of rotatable bonds is 5. The number of aryl methyl sites for hydroxylation is 1. The summed E-state index contributed by atoms with van der Waals surface area (Å²) in [5, 5.41) is 14.2. The Labute approximate surface area is 106 Å². The first-order valence-electron chi connectivity index (χ1n) is 6.03. The maximum absolute atomic E-state index is 10.8. The second kappa shape index (κ2) is 5.04. The van der Waals surface area contributed by atoms with Crippen LogP contribution in [0.25, 0.3) is 0 Å². The lowest BCUT2D eigenvalue weighted by atomic mass is 9.89. The first kappa shape index (κ1) is 13.0. The number of hydrogen-bond acceptors (Lipinski definition) is 4. The van der Waals surface area contributed by atoms with Crippen molar-refractivity contribution in [1.29, 1.82) is 0 Å². The molecule has 1 saturated heterocycles. The minimum atomic E-state index is -0.333. The lowest BCUT2D eigenvalue weighted by Gasteiger charge is -2.38. The van der Waals surface area contributed by atoms with E-state index >= 15 is 0 Å². The van der Waals surface area contributed by atoms with Crippen LogP contribution in [0.2, 0.25) is 0 Å². The Hall–Kier alpha value is -1.46. The molecule has 0 atom stereocenters. The average Bonchev–Trinajstić information content (AvgIpc) is 2.28. The standard InChI is InChI=1S/C13H18N2O3/c1-10-3-4-11(5-12(10)15(16)17)6-14-7-13(2)8-18-9-13/h3-5,14H,6-9H2,1-2H3. The molecule has 1 aliphatic rings. The Kier molecular flexibility index (Phi) is 3.63. The predicted octanol–water partition coefficient (Wildman–Crippen LogP) is 2.03. The summed E-state index contributed by atoms with van der Waals surface area (Å²) in [7, 11) is 0. The van der Waals surface area contributed by atoms with Crippen molar-refractivity contribution < 1.29 is 9.66 Å². The van der Waals surface area contributed by atoms with E-state index in [4.69, 9.17) is 4.74 Å². The minimum absolute atomic E-state index is 0.187. The number of nitro groups is 1. The molecule has 18 heavy (non-hydrogen) atoms. The summed E-state index contributed by atoms with van der Waals surface area (Å²) in [4.78, 5) is 10.5. The molecule has 0 unspecified atom stereocenters. The second-order valence-corrected chi connectivity index (χ2v) is 5.28. The smallest absolute Gasteiger partial charge is 0.272 e. The van der Waals surface area contributed by atoms with Crippen molar-refractivity contribution in [3.05, 3.63) is 39.4 Å². The predicted molar refractivity (Wildman–Crippen MR) is 68.5 cm³/mol. The van der Waals surface area contributed by atoms with E-state index in [1.807, 2.05) is 6.07 Å². The molecule has 1 heterocycles. The number of nitro benzene ring substituents is 1. The van der Waals surface area contributed by atoms with Crippen molar-refractivity contribution in [1.82, 2.24) is 5.32 Å². The van der Waals surface area contributed by atoms with Gasteiger partial charge in [0.2, 0.25) is 0 Å². The van der Waals surface area contributed by atoms with E-state index in [1.165, 1.54) is 0 Å². The molecule has 0 aromatic heterocycles. The number of ether oxygens (including phenoxy) is 1. The Balaban J connectivity index is 1.93. The van der Waals surface area contributed by atoms with Crippen LogP contribution in [0.3, 0.4) is 0 Å². The van der Waals surface area contributed by atoms with Crippen LogP contribution in [0, 0.1) is 22.5 Å². The van der Waals surface area contributed by atoms with E-state index in [9.17, 15) is 10.1 Å². The Bertz CT molecular complexity index is 456. The van der Waals surface area contributed by atoms with Gasteiger partial charge < -0.3 is 10.1 Å².